The van der Waals surface area contributed by atoms with Crippen molar-refractivity contribution in [3.8, 4) is 0 Å². The molecule has 0 spiro atoms. The van der Waals surface area contributed by atoms with E-state index in [1.165, 1.54) is 22.3 Å². The zero-order chi connectivity index (χ0) is 14.8. The highest BCUT2D eigenvalue weighted by Gasteiger charge is 2.20. The number of rotatable bonds is 2. The van der Waals surface area contributed by atoms with Crippen molar-refractivity contribution in [2.75, 3.05) is 0 Å². The van der Waals surface area contributed by atoms with Crippen LogP contribution in [0.3, 0.4) is 0 Å². The van der Waals surface area contributed by atoms with E-state index in [-0.39, 0.29) is 5.82 Å². The average Bonchev–Trinajstić information content (AvgIpc) is 2.50. The first-order valence-electron chi connectivity index (χ1n) is 7.29. The van der Waals surface area contributed by atoms with Crippen LogP contribution in [0.1, 0.15) is 31.2 Å². The van der Waals surface area contributed by atoms with Crippen LogP contribution in [0.25, 0.3) is 0 Å². The zero-order valence-electron chi connectivity index (χ0n) is 12.0. The Morgan fingerprint density at radius 3 is 2.57 bits per heavy atom. The van der Waals surface area contributed by atoms with E-state index in [2.05, 4.69) is 53.2 Å². The van der Waals surface area contributed by atoms with Crippen molar-refractivity contribution in [2.24, 2.45) is 0 Å². The highest BCUT2D eigenvalue weighted by atomic mass is 79.9. The lowest BCUT2D eigenvalue weighted by Gasteiger charge is -2.25. The average molecular weight is 345 g/mol. The molecule has 1 aromatic carbocycles. The lowest BCUT2D eigenvalue weighted by molar-refractivity contribution is 0.625. The van der Waals surface area contributed by atoms with Crippen LogP contribution in [0.5, 0.6) is 0 Å². The van der Waals surface area contributed by atoms with E-state index in [1.54, 1.807) is 12.1 Å². The van der Waals surface area contributed by atoms with Crippen molar-refractivity contribution in [3.05, 3.63) is 82.7 Å². The molecule has 0 aromatic heterocycles. The zero-order valence-corrected chi connectivity index (χ0v) is 13.6. The van der Waals surface area contributed by atoms with E-state index in [0.717, 1.165) is 12.8 Å². The van der Waals surface area contributed by atoms with Crippen molar-refractivity contribution in [3.63, 3.8) is 0 Å². The van der Waals surface area contributed by atoms with Crippen molar-refractivity contribution in [2.45, 2.75) is 30.5 Å². The third-order valence-corrected chi connectivity index (χ3v) is 4.89. The molecular formula is C19H18BrF. The third kappa shape index (κ3) is 3.26. The molecule has 0 radical (unpaired) electrons. The maximum Gasteiger partial charge on any atom is 0.123 e. The van der Waals surface area contributed by atoms with Crippen LogP contribution in [-0.2, 0) is 0 Å². The number of benzene rings is 1. The molecule has 0 aliphatic heterocycles. The van der Waals surface area contributed by atoms with Gasteiger partial charge in [0.2, 0.25) is 0 Å². The molecule has 1 aromatic rings. The van der Waals surface area contributed by atoms with Gasteiger partial charge in [0.15, 0.2) is 0 Å². The van der Waals surface area contributed by atoms with E-state index in [9.17, 15) is 4.39 Å². The SMILES string of the molecule is CC1=CC=C(C2=CCC(Br)C=C2)CC1c1ccc(F)cc1. The Morgan fingerprint density at radius 1 is 1.14 bits per heavy atom. The fourth-order valence-electron chi connectivity index (χ4n) is 2.92. The monoisotopic (exact) mass is 344 g/mol. The predicted octanol–water partition coefficient (Wildman–Crippen LogP) is 5.84. The van der Waals surface area contributed by atoms with Crippen LogP contribution in [-0.4, -0.2) is 4.83 Å². The molecular weight excluding hydrogens is 327 g/mol. The molecule has 0 heterocycles. The molecule has 0 fully saturated rings. The molecule has 3 rings (SSSR count). The minimum Gasteiger partial charge on any atom is -0.207 e. The molecule has 0 nitrogen and oxygen atoms in total. The topological polar surface area (TPSA) is 0 Å². The van der Waals surface area contributed by atoms with Crippen LogP contribution < -0.4 is 0 Å². The summed E-state index contributed by atoms with van der Waals surface area (Å²) in [5.41, 5.74) is 5.21. The largest absolute Gasteiger partial charge is 0.207 e. The van der Waals surface area contributed by atoms with Gasteiger partial charge in [-0.3, -0.25) is 0 Å². The van der Waals surface area contributed by atoms with E-state index < -0.39 is 0 Å². The van der Waals surface area contributed by atoms with Crippen LogP contribution in [0, 0.1) is 5.82 Å². The maximum atomic E-state index is 13.1. The lowest BCUT2D eigenvalue weighted by Crippen LogP contribution is -2.08. The van der Waals surface area contributed by atoms with E-state index in [1.807, 2.05) is 12.1 Å². The quantitative estimate of drug-likeness (QED) is 0.591. The summed E-state index contributed by atoms with van der Waals surface area (Å²) in [6, 6.07) is 6.91. The minimum absolute atomic E-state index is 0.173. The Labute approximate surface area is 133 Å². The summed E-state index contributed by atoms with van der Waals surface area (Å²) >= 11 is 3.61. The van der Waals surface area contributed by atoms with Gasteiger partial charge < -0.3 is 0 Å². The fraction of sp³-hybridized carbons (Fsp3) is 0.263. The minimum atomic E-state index is -0.173. The molecule has 21 heavy (non-hydrogen) atoms. The number of hydrogen-bond donors (Lipinski definition) is 0. The highest BCUT2D eigenvalue weighted by molar-refractivity contribution is 9.09. The number of halogens is 2. The van der Waals surface area contributed by atoms with Crippen LogP contribution in [0.15, 0.2) is 71.4 Å². The van der Waals surface area contributed by atoms with E-state index in [0.29, 0.717) is 10.7 Å². The van der Waals surface area contributed by atoms with Crippen molar-refractivity contribution < 1.29 is 4.39 Å². The summed E-state index contributed by atoms with van der Waals surface area (Å²) in [4.78, 5) is 0.454. The van der Waals surface area contributed by atoms with Crippen molar-refractivity contribution in [1.29, 1.82) is 0 Å². The van der Waals surface area contributed by atoms with Gasteiger partial charge in [-0.05, 0) is 48.6 Å². The number of hydrogen-bond acceptors (Lipinski definition) is 0. The summed E-state index contributed by atoms with van der Waals surface area (Å²) in [6.07, 6.45) is 13.1. The smallest absolute Gasteiger partial charge is 0.123 e. The molecule has 0 saturated heterocycles. The second kappa shape index (κ2) is 6.15. The van der Waals surface area contributed by atoms with Gasteiger partial charge in [0, 0.05) is 10.7 Å². The Morgan fingerprint density at radius 2 is 1.90 bits per heavy atom. The van der Waals surface area contributed by atoms with Crippen LogP contribution in [0.2, 0.25) is 0 Å². The molecule has 2 atom stereocenters. The highest BCUT2D eigenvalue weighted by Crippen LogP contribution is 2.37. The second-order valence-corrected chi connectivity index (χ2v) is 6.86. The molecule has 2 aliphatic rings. The summed E-state index contributed by atoms with van der Waals surface area (Å²) in [7, 11) is 0. The van der Waals surface area contributed by atoms with Gasteiger partial charge in [-0.15, -0.1) is 0 Å². The maximum absolute atomic E-state index is 13.1. The van der Waals surface area contributed by atoms with E-state index in [4.69, 9.17) is 0 Å². The molecule has 2 aliphatic carbocycles. The molecule has 0 bridgehead atoms. The van der Waals surface area contributed by atoms with Crippen LogP contribution >= 0.6 is 15.9 Å². The first-order chi connectivity index (χ1) is 10.1. The van der Waals surface area contributed by atoms with Gasteiger partial charge >= 0.3 is 0 Å². The molecule has 0 saturated carbocycles. The first-order valence-corrected chi connectivity index (χ1v) is 8.20. The van der Waals surface area contributed by atoms with Crippen LogP contribution in [0.4, 0.5) is 4.39 Å². The molecule has 2 heteroatoms. The Balaban J connectivity index is 1.84. The van der Waals surface area contributed by atoms with Gasteiger partial charge in [0.1, 0.15) is 5.82 Å². The summed E-state index contributed by atoms with van der Waals surface area (Å²) in [5.74, 6) is 0.176. The van der Waals surface area contributed by atoms with E-state index >= 15 is 0 Å². The number of alkyl halides is 1. The van der Waals surface area contributed by atoms with Gasteiger partial charge in [-0.1, -0.05) is 64.0 Å². The first kappa shape index (κ1) is 14.5. The fourth-order valence-corrected chi connectivity index (χ4v) is 3.26. The second-order valence-electron chi connectivity index (χ2n) is 5.68. The van der Waals surface area contributed by atoms with Gasteiger partial charge in [-0.2, -0.15) is 0 Å². The Hall–Kier alpha value is -1.41. The van der Waals surface area contributed by atoms with Crippen molar-refractivity contribution >= 4 is 15.9 Å². The Kier molecular flexibility index (Phi) is 4.25. The molecule has 108 valence electrons. The van der Waals surface area contributed by atoms with Gasteiger partial charge in [-0.25, -0.2) is 4.39 Å². The normalized spacial score (nSPS) is 25.2. The van der Waals surface area contributed by atoms with Crippen molar-refractivity contribution in [1.82, 2.24) is 0 Å². The third-order valence-electron chi connectivity index (χ3n) is 4.21. The predicted molar refractivity (Wildman–Crippen MR) is 90.2 cm³/mol. The summed E-state index contributed by atoms with van der Waals surface area (Å²) < 4.78 is 13.1. The molecule has 2 unspecified atom stereocenters. The Bertz CT molecular complexity index is 647. The summed E-state index contributed by atoms with van der Waals surface area (Å²) in [5, 5.41) is 0. The number of allylic oxidation sites excluding steroid dienone is 8. The standard InChI is InChI=1S/C19H18BrF/c1-13-2-3-16(14-4-8-17(20)9-5-14)12-19(13)15-6-10-18(21)11-7-15/h2-8,10-11,17,19H,9,12H2,1H3. The summed E-state index contributed by atoms with van der Waals surface area (Å²) in [6.45, 7) is 2.15. The van der Waals surface area contributed by atoms with Gasteiger partial charge in [0.05, 0.1) is 0 Å². The van der Waals surface area contributed by atoms with Gasteiger partial charge in [0.25, 0.3) is 0 Å². The molecule has 0 N–H and O–H groups in total. The lowest BCUT2D eigenvalue weighted by atomic mass is 9.80. The molecule has 0 amide bonds.